The summed E-state index contributed by atoms with van der Waals surface area (Å²) in [6.07, 6.45) is 3.83. The first-order valence-electron chi connectivity index (χ1n) is 8.27. The quantitative estimate of drug-likeness (QED) is 0.889. The van der Waals surface area contributed by atoms with Crippen molar-refractivity contribution in [1.82, 2.24) is 20.4 Å². The van der Waals surface area contributed by atoms with E-state index >= 15 is 0 Å². The summed E-state index contributed by atoms with van der Waals surface area (Å²) in [5.74, 6) is 1.37. The van der Waals surface area contributed by atoms with Crippen LogP contribution in [-0.4, -0.2) is 46.7 Å². The number of aromatic nitrogens is 2. The van der Waals surface area contributed by atoms with Crippen LogP contribution in [0.5, 0.6) is 0 Å². The van der Waals surface area contributed by atoms with E-state index in [1.54, 1.807) is 6.07 Å². The first-order valence-corrected chi connectivity index (χ1v) is 8.27. The summed E-state index contributed by atoms with van der Waals surface area (Å²) in [5.41, 5.74) is 1.10. The Morgan fingerprint density at radius 2 is 2.17 bits per heavy atom. The maximum atomic E-state index is 12.3. The van der Waals surface area contributed by atoms with Gasteiger partial charge in [0.05, 0.1) is 0 Å². The highest BCUT2D eigenvalue weighted by Gasteiger charge is 2.18. The zero-order chi connectivity index (χ0) is 16.2. The molecule has 124 valence electrons. The summed E-state index contributed by atoms with van der Waals surface area (Å²) in [6, 6.07) is 5.58. The molecule has 0 radical (unpaired) electrons. The van der Waals surface area contributed by atoms with E-state index in [2.05, 4.69) is 20.4 Å². The average molecular weight is 316 g/mol. The summed E-state index contributed by atoms with van der Waals surface area (Å²) in [7, 11) is 0. The number of H-pyrrole nitrogens is 1. The number of aryl methyl sites for hydroxylation is 1. The minimum Gasteiger partial charge on any atom is -0.460 e. The third-order valence-electron chi connectivity index (χ3n) is 4.17. The highest BCUT2D eigenvalue weighted by Crippen LogP contribution is 2.20. The predicted molar refractivity (Wildman–Crippen MR) is 88.2 cm³/mol. The SMILES string of the molecule is Cc1ccc(-c2cc(C(=O)NC(C)CN3CCCCC3)n[nH]2)o1. The molecule has 1 amide bonds. The van der Waals surface area contributed by atoms with Gasteiger partial charge in [-0.15, -0.1) is 0 Å². The average Bonchev–Trinajstić information content (AvgIpc) is 3.16. The Labute approximate surface area is 136 Å². The van der Waals surface area contributed by atoms with Crippen molar-refractivity contribution < 1.29 is 9.21 Å². The van der Waals surface area contributed by atoms with Crippen molar-refractivity contribution in [3.63, 3.8) is 0 Å². The lowest BCUT2D eigenvalue weighted by Crippen LogP contribution is -2.43. The second-order valence-corrected chi connectivity index (χ2v) is 6.31. The van der Waals surface area contributed by atoms with Gasteiger partial charge in [0.2, 0.25) is 0 Å². The molecule has 2 aromatic rings. The smallest absolute Gasteiger partial charge is 0.272 e. The van der Waals surface area contributed by atoms with E-state index in [9.17, 15) is 4.79 Å². The monoisotopic (exact) mass is 316 g/mol. The standard InChI is InChI=1S/C17H24N4O2/c1-12(11-21-8-4-3-5-9-21)18-17(22)15-10-14(19-20-15)16-7-6-13(2)23-16/h6-7,10,12H,3-5,8-9,11H2,1-2H3,(H,18,22)(H,19,20). The lowest BCUT2D eigenvalue weighted by atomic mass is 10.1. The summed E-state index contributed by atoms with van der Waals surface area (Å²) in [4.78, 5) is 14.7. The van der Waals surface area contributed by atoms with Gasteiger partial charge in [0.15, 0.2) is 11.5 Å². The van der Waals surface area contributed by atoms with Gasteiger partial charge in [-0.1, -0.05) is 6.42 Å². The molecule has 1 fully saturated rings. The molecule has 3 rings (SSSR count). The molecule has 1 unspecified atom stereocenters. The fourth-order valence-electron chi connectivity index (χ4n) is 3.02. The molecule has 6 heteroatoms. The molecule has 6 nitrogen and oxygen atoms in total. The second-order valence-electron chi connectivity index (χ2n) is 6.31. The van der Waals surface area contributed by atoms with Crippen LogP contribution in [0.1, 0.15) is 42.4 Å². The summed E-state index contributed by atoms with van der Waals surface area (Å²) < 4.78 is 5.53. The molecule has 1 aliphatic heterocycles. The Morgan fingerprint density at radius 1 is 1.39 bits per heavy atom. The Morgan fingerprint density at radius 3 is 2.87 bits per heavy atom. The van der Waals surface area contributed by atoms with Crippen molar-refractivity contribution >= 4 is 5.91 Å². The van der Waals surface area contributed by atoms with E-state index < -0.39 is 0 Å². The summed E-state index contributed by atoms with van der Waals surface area (Å²) in [5, 5.41) is 9.97. The van der Waals surface area contributed by atoms with Gasteiger partial charge < -0.3 is 14.6 Å². The van der Waals surface area contributed by atoms with Gasteiger partial charge in [-0.3, -0.25) is 9.89 Å². The van der Waals surface area contributed by atoms with Crippen molar-refractivity contribution in [3.8, 4) is 11.5 Å². The zero-order valence-electron chi connectivity index (χ0n) is 13.8. The molecule has 0 bridgehead atoms. The molecule has 1 atom stereocenters. The first-order chi connectivity index (χ1) is 11.1. The van der Waals surface area contributed by atoms with E-state index in [4.69, 9.17) is 4.42 Å². The van der Waals surface area contributed by atoms with E-state index in [0.29, 0.717) is 17.1 Å². The molecule has 0 aliphatic carbocycles. The maximum Gasteiger partial charge on any atom is 0.272 e. The molecule has 0 saturated carbocycles. The highest BCUT2D eigenvalue weighted by molar-refractivity contribution is 5.93. The number of nitrogens with zero attached hydrogens (tertiary/aromatic N) is 2. The van der Waals surface area contributed by atoms with E-state index in [1.165, 1.54) is 19.3 Å². The molecular formula is C17H24N4O2. The minimum absolute atomic E-state index is 0.103. The number of hydrogen-bond donors (Lipinski definition) is 2. The molecule has 1 aliphatic rings. The van der Waals surface area contributed by atoms with Gasteiger partial charge in [-0.2, -0.15) is 5.10 Å². The predicted octanol–water partition coefficient (Wildman–Crippen LogP) is 2.58. The Balaban J connectivity index is 1.56. The maximum absolute atomic E-state index is 12.3. The normalized spacial score (nSPS) is 17.1. The number of carbonyl (C=O) groups excluding carboxylic acids is 1. The van der Waals surface area contributed by atoms with Crippen molar-refractivity contribution in [2.45, 2.75) is 39.2 Å². The Bertz CT molecular complexity index is 655. The van der Waals surface area contributed by atoms with Crippen LogP contribution in [0.25, 0.3) is 11.5 Å². The molecule has 0 spiro atoms. The van der Waals surface area contributed by atoms with Crippen LogP contribution >= 0.6 is 0 Å². The molecule has 2 aromatic heterocycles. The van der Waals surface area contributed by atoms with Crippen molar-refractivity contribution in [2.24, 2.45) is 0 Å². The number of nitrogens with one attached hydrogen (secondary N) is 2. The number of likely N-dealkylation sites (tertiary alicyclic amines) is 1. The van der Waals surface area contributed by atoms with Crippen LogP contribution in [0, 0.1) is 6.92 Å². The first kappa shape index (κ1) is 15.8. The van der Waals surface area contributed by atoms with Crippen LogP contribution in [0.3, 0.4) is 0 Å². The van der Waals surface area contributed by atoms with Crippen LogP contribution in [0.2, 0.25) is 0 Å². The summed E-state index contributed by atoms with van der Waals surface area (Å²) >= 11 is 0. The number of furan rings is 1. The van der Waals surface area contributed by atoms with Gasteiger partial charge in [0.25, 0.3) is 5.91 Å². The van der Waals surface area contributed by atoms with E-state index in [0.717, 1.165) is 25.4 Å². The molecule has 3 heterocycles. The molecule has 23 heavy (non-hydrogen) atoms. The fourth-order valence-corrected chi connectivity index (χ4v) is 3.02. The Kier molecular flexibility index (Phi) is 4.81. The molecule has 0 aromatic carbocycles. The topological polar surface area (TPSA) is 74.2 Å². The minimum atomic E-state index is -0.153. The van der Waals surface area contributed by atoms with Gasteiger partial charge in [-0.05, 0) is 51.9 Å². The fraction of sp³-hybridized carbons (Fsp3) is 0.529. The van der Waals surface area contributed by atoms with Crippen LogP contribution in [0.4, 0.5) is 0 Å². The van der Waals surface area contributed by atoms with Crippen molar-refractivity contribution in [2.75, 3.05) is 19.6 Å². The van der Waals surface area contributed by atoms with Crippen LogP contribution < -0.4 is 5.32 Å². The number of aromatic amines is 1. The highest BCUT2D eigenvalue weighted by atomic mass is 16.3. The molecule has 1 saturated heterocycles. The lowest BCUT2D eigenvalue weighted by molar-refractivity contribution is 0.0920. The van der Waals surface area contributed by atoms with Crippen LogP contribution in [0.15, 0.2) is 22.6 Å². The van der Waals surface area contributed by atoms with Crippen LogP contribution in [-0.2, 0) is 0 Å². The van der Waals surface area contributed by atoms with Crippen molar-refractivity contribution in [3.05, 3.63) is 29.7 Å². The number of hydrogen-bond acceptors (Lipinski definition) is 4. The van der Waals surface area contributed by atoms with Gasteiger partial charge in [-0.25, -0.2) is 0 Å². The second kappa shape index (κ2) is 7.00. The molecular weight excluding hydrogens is 292 g/mol. The number of piperidine rings is 1. The van der Waals surface area contributed by atoms with E-state index in [-0.39, 0.29) is 11.9 Å². The lowest BCUT2D eigenvalue weighted by Gasteiger charge is -2.29. The third kappa shape index (κ3) is 4.01. The zero-order valence-corrected chi connectivity index (χ0v) is 13.8. The summed E-state index contributed by atoms with van der Waals surface area (Å²) in [6.45, 7) is 7.07. The van der Waals surface area contributed by atoms with Gasteiger partial charge in [0.1, 0.15) is 11.5 Å². The van der Waals surface area contributed by atoms with Crippen molar-refractivity contribution in [1.29, 1.82) is 0 Å². The third-order valence-corrected chi connectivity index (χ3v) is 4.17. The number of rotatable bonds is 5. The molecule has 2 N–H and O–H groups in total. The van der Waals surface area contributed by atoms with Gasteiger partial charge >= 0.3 is 0 Å². The Hall–Kier alpha value is -2.08. The van der Waals surface area contributed by atoms with E-state index in [1.807, 2.05) is 26.0 Å². The number of carbonyl (C=O) groups is 1. The number of amides is 1. The largest absolute Gasteiger partial charge is 0.460 e. The van der Waals surface area contributed by atoms with Gasteiger partial charge in [0, 0.05) is 18.7 Å².